The second kappa shape index (κ2) is 6.56. The number of nitrogens with one attached hydrogen (secondary N) is 1. The highest BCUT2D eigenvalue weighted by atomic mass is 16.5. The molecular formula is C13H22N2O3. The Morgan fingerprint density at radius 1 is 1.39 bits per heavy atom. The highest BCUT2D eigenvalue weighted by Crippen LogP contribution is 2.26. The fraction of sp³-hybridized carbons (Fsp3) is 0.615. The Morgan fingerprint density at radius 2 is 2.06 bits per heavy atom. The minimum atomic E-state index is -0.774. The van der Waals surface area contributed by atoms with Crippen molar-refractivity contribution in [3.05, 3.63) is 18.3 Å². The summed E-state index contributed by atoms with van der Waals surface area (Å²) in [6.45, 7) is 5.42. The average Bonchev–Trinajstić information content (AvgIpc) is 2.37. The van der Waals surface area contributed by atoms with Gasteiger partial charge in [-0.05, 0) is 32.4 Å². The Hall–Kier alpha value is -1.33. The fourth-order valence-corrected chi connectivity index (χ4v) is 1.53. The fourth-order valence-electron chi connectivity index (χ4n) is 1.53. The van der Waals surface area contributed by atoms with E-state index in [-0.39, 0.29) is 19.3 Å². The summed E-state index contributed by atoms with van der Waals surface area (Å²) in [5.74, 6) is 1.16. The van der Waals surface area contributed by atoms with E-state index in [4.69, 9.17) is 4.74 Å². The minimum absolute atomic E-state index is 0.0361. The summed E-state index contributed by atoms with van der Waals surface area (Å²) in [6, 6.07) is 3.60. The highest BCUT2D eigenvalue weighted by molar-refractivity contribution is 5.51. The maximum Gasteiger partial charge on any atom is 0.169 e. The van der Waals surface area contributed by atoms with Crippen LogP contribution in [0.25, 0.3) is 0 Å². The van der Waals surface area contributed by atoms with Gasteiger partial charge in [-0.1, -0.05) is 6.92 Å². The zero-order valence-corrected chi connectivity index (χ0v) is 11.2. The standard InChI is InChI=1S/C13H22N2O3/c1-4-13(8-16,9-17)15-12-11(18-10(2)3)6-5-7-14-12/h5-7,10,16-17H,4,8-9H2,1-3H3,(H,14,15). The van der Waals surface area contributed by atoms with Gasteiger partial charge in [0.05, 0.1) is 24.9 Å². The largest absolute Gasteiger partial charge is 0.487 e. The van der Waals surface area contributed by atoms with Gasteiger partial charge in [0.1, 0.15) is 0 Å². The monoisotopic (exact) mass is 254 g/mol. The molecule has 0 aliphatic carbocycles. The second-order valence-electron chi connectivity index (χ2n) is 4.59. The van der Waals surface area contributed by atoms with Crippen molar-refractivity contribution in [3.8, 4) is 5.75 Å². The lowest BCUT2D eigenvalue weighted by Gasteiger charge is -2.31. The van der Waals surface area contributed by atoms with Crippen LogP contribution in [0.4, 0.5) is 5.82 Å². The quantitative estimate of drug-likeness (QED) is 0.686. The van der Waals surface area contributed by atoms with Crippen molar-refractivity contribution in [1.82, 2.24) is 4.98 Å². The van der Waals surface area contributed by atoms with Crippen LogP contribution >= 0.6 is 0 Å². The SMILES string of the molecule is CCC(CO)(CO)Nc1ncccc1OC(C)C. The van der Waals surface area contributed by atoms with Crippen LogP contribution in [0, 0.1) is 0 Å². The number of anilines is 1. The van der Waals surface area contributed by atoms with Crippen molar-refractivity contribution in [1.29, 1.82) is 0 Å². The predicted molar refractivity (Wildman–Crippen MR) is 70.8 cm³/mol. The summed E-state index contributed by atoms with van der Waals surface area (Å²) < 4.78 is 5.64. The molecule has 5 heteroatoms. The normalized spacial score (nSPS) is 11.7. The van der Waals surface area contributed by atoms with E-state index < -0.39 is 5.54 Å². The molecule has 102 valence electrons. The molecule has 0 aromatic carbocycles. The molecule has 0 atom stereocenters. The molecule has 0 amide bonds. The molecule has 0 saturated heterocycles. The lowest BCUT2D eigenvalue weighted by atomic mass is 9.98. The number of hydrogen-bond donors (Lipinski definition) is 3. The molecule has 0 saturated carbocycles. The maximum absolute atomic E-state index is 9.42. The first-order valence-electron chi connectivity index (χ1n) is 6.18. The molecule has 1 heterocycles. The Morgan fingerprint density at radius 3 is 2.56 bits per heavy atom. The van der Waals surface area contributed by atoms with E-state index in [1.54, 1.807) is 12.3 Å². The average molecular weight is 254 g/mol. The van der Waals surface area contributed by atoms with Crippen molar-refractivity contribution >= 4 is 5.82 Å². The molecule has 0 bridgehead atoms. The van der Waals surface area contributed by atoms with Gasteiger partial charge in [-0.2, -0.15) is 0 Å². The number of aliphatic hydroxyl groups is 2. The van der Waals surface area contributed by atoms with Crippen LogP contribution in [0.1, 0.15) is 27.2 Å². The number of aromatic nitrogens is 1. The van der Waals surface area contributed by atoms with E-state index in [9.17, 15) is 10.2 Å². The van der Waals surface area contributed by atoms with Crippen molar-refractivity contribution in [2.24, 2.45) is 0 Å². The predicted octanol–water partition coefficient (Wildman–Crippen LogP) is 1.41. The van der Waals surface area contributed by atoms with E-state index in [0.29, 0.717) is 18.0 Å². The van der Waals surface area contributed by atoms with Crippen LogP contribution in [0.3, 0.4) is 0 Å². The molecule has 1 rings (SSSR count). The lowest BCUT2D eigenvalue weighted by Crippen LogP contribution is -2.45. The first-order valence-corrected chi connectivity index (χ1v) is 6.18. The van der Waals surface area contributed by atoms with Gasteiger partial charge in [0.2, 0.25) is 0 Å². The summed E-state index contributed by atoms with van der Waals surface area (Å²) in [4.78, 5) is 4.20. The first-order chi connectivity index (χ1) is 8.56. The van der Waals surface area contributed by atoms with Crippen molar-refractivity contribution in [3.63, 3.8) is 0 Å². The Balaban J connectivity index is 2.95. The van der Waals surface area contributed by atoms with Crippen LogP contribution in [0.15, 0.2) is 18.3 Å². The van der Waals surface area contributed by atoms with E-state index >= 15 is 0 Å². The van der Waals surface area contributed by atoms with E-state index in [1.807, 2.05) is 26.8 Å². The topological polar surface area (TPSA) is 74.6 Å². The van der Waals surface area contributed by atoms with Crippen LogP contribution in [0.2, 0.25) is 0 Å². The Kier molecular flexibility index (Phi) is 5.37. The summed E-state index contributed by atoms with van der Waals surface area (Å²) in [5, 5.41) is 21.9. The molecule has 3 N–H and O–H groups in total. The van der Waals surface area contributed by atoms with Gasteiger partial charge in [-0.3, -0.25) is 0 Å². The summed E-state index contributed by atoms with van der Waals surface area (Å²) in [7, 11) is 0. The molecule has 0 unspecified atom stereocenters. The molecule has 0 spiro atoms. The van der Waals surface area contributed by atoms with Crippen LogP contribution in [0.5, 0.6) is 5.75 Å². The van der Waals surface area contributed by atoms with Gasteiger partial charge in [0.15, 0.2) is 11.6 Å². The van der Waals surface area contributed by atoms with Crippen molar-refractivity contribution in [2.45, 2.75) is 38.8 Å². The third kappa shape index (κ3) is 3.58. The third-order valence-corrected chi connectivity index (χ3v) is 2.80. The number of aliphatic hydroxyl groups excluding tert-OH is 2. The minimum Gasteiger partial charge on any atom is -0.487 e. The molecule has 0 radical (unpaired) electrons. The molecule has 1 aromatic heterocycles. The first kappa shape index (κ1) is 14.7. The smallest absolute Gasteiger partial charge is 0.169 e. The molecule has 5 nitrogen and oxygen atoms in total. The van der Waals surface area contributed by atoms with E-state index in [2.05, 4.69) is 10.3 Å². The van der Waals surface area contributed by atoms with Gasteiger partial charge in [-0.25, -0.2) is 4.98 Å². The number of pyridine rings is 1. The van der Waals surface area contributed by atoms with Crippen LogP contribution in [-0.2, 0) is 0 Å². The number of nitrogens with zero attached hydrogens (tertiary/aromatic N) is 1. The van der Waals surface area contributed by atoms with Gasteiger partial charge >= 0.3 is 0 Å². The summed E-state index contributed by atoms with van der Waals surface area (Å²) in [6.07, 6.45) is 2.26. The lowest BCUT2D eigenvalue weighted by molar-refractivity contribution is 0.131. The Bertz CT molecular complexity index is 357. The maximum atomic E-state index is 9.42. The van der Waals surface area contributed by atoms with Gasteiger partial charge in [-0.15, -0.1) is 0 Å². The Labute approximate surface area is 108 Å². The van der Waals surface area contributed by atoms with Gasteiger partial charge in [0, 0.05) is 6.20 Å². The van der Waals surface area contributed by atoms with Gasteiger partial charge < -0.3 is 20.3 Å². The molecular weight excluding hydrogens is 232 g/mol. The molecule has 1 aromatic rings. The van der Waals surface area contributed by atoms with Gasteiger partial charge in [0.25, 0.3) is 0 Å². The van der Waals surface area contributed by atoms with E-state index in [0.717, 1.165) is 0 Å². The van der Waals surface area contributed by atoms with Crippen LogP contribution < -0.4 is 10.1 Å². The summed E-state index contributed by atoms with van der Waals surface area (Å²) >= 11 is 0. The van der Waals surface area contributed by atoms with E-state index in [1.165, 1.54) is 0 Å². The molecule has 0 fully saturated rings. The molecule has 18 heavy (non-hydrogen) atoms. The zero-order valence-electron chi connectivity index (χ0n) is 11.2. The molecule has 0 aliphatic heterocycles. The highest BCUT2D eigenvalue weighted by Gasteiger charge is 2.28. The number of ether oxygens (including phenoxy) is 1. The zero-order chi connectivity index (χ0) is 13.6. The number of rotatable bonds is 7. The van der Waals surface area contributed by atoms with Crippen LogP contribution in [-0.4, -0.2) is 40.1 Å². The molecule has 0 aliphatic rings. The van der Waals surface area contributed by atoms with Crippen molar-refractivity contribution < 1.29 is 14.9 Å². The van der Waals surface area contributed by atoms with Crippen molar-refractivity contribution in [2.75, 3.05) is 18.5 Å². The summed E-state index contributed by atoms with van der Waals surface area (Å²) in [5.41, 5.74) is -0.774. The third-order valence-electron chi connectivity index (χ3n) is 2.80. The second-order valence-corrected chi connectivity index (χ2v) is 4.59. The number of hydrogen-bond acceptors (Lipinski definition) is 5.